The molecule has 0 bridgehead atoms. The van der Waals surface area contributed by atoms with E-state index in [0.717, 1.165) is 15.5 Å². The maximum absolute atomic E-state index is 13.4. The second-order valence-electron chi connectivity index (χ2n) is 9.50. The topological polar surface area (TPSA) is 81.8 Å². The van der Waals surface area contributed by atoms with E-state index in [4.69, 9.17) is 16.7 Å². The summed E-state index contributed by atoms with van der Waals surface area (Å²) in [6, 6.07) is 21.0. The summed E-state index contributed by atoms with van der Waals surface area (Å²) in [6.45, 7) is 2.07. The van der Waals surface area contributed by atoms with Crippen molar-refractivity contribution in [3.05, 3.63) is 93.7 Å². The number of nitrogens with one attached hydrogen (secondary N) is 1. The van der Waals surface area contributed by atoms with Crippen LogP contribution in [-0.4, -0.2) is 49.5 Å². The molecule has 0 atom stereocenters. The zero-order valence-electron chi connectivity index (χ0n) is 23.4. The van der Waals surface area contributed by atoms with Crippen LogP contribution in [0.2, 0.25) is 5.02 Å². The molecule has 0 fully saturated rings. The Kier molecular flexibility index (Phi) is 9.98. The van der Waals surface area contributed by atoms with Gasteiger partial charge in [-0.15, -0.1) is 23.5 Å². The lowest BCUT2D eigenvalue weighted by Crippen LogP contribution is -2.22. The fourth-order valence-electron chi connectivity index (χ4n) is 4.37. The fourth-order valence-corrected chi connectivity index (χ4v) is 6.46. The summed E-state index contributed by atoms with van der Waals surface area (Å²) in [4.78, 5) is 26.6. The number of thioether (sulfide) groups is 3. The Morgan fingerprint density at radius 3 is 2.27 bits per heavy atom. The Morgan fingerprint density at radius 2 is 1.64 bits per heavy atom. The van der Waals surface area contributed by atoms with Crippen LogP contribution in [0.4, 0.5) is 13.2 Å². The van der Waals surface area contributed by atoms with E-state index in [-0.39, 0.29) is 34.8 Å². The molecule has 0 aliphatic carbocycles. The lowest BCUT2D eigenvalue weighted by molar-refractivity contribution is -0.118. The highest BCUT2D eigenvalue weighted by atomic mass is 35.5. The maximum atomic E-state index is 13.4. The van der Waals surface area contributed by atoms with Crippen molar-refractivity contribution in [2.45, 2.75) is 33.7 Å². The zero-order valence-corrected chi connectivity index (χ0v) is 26.6. The third kappa shape index (κ3) is 7.81. The number of carbonyl (C=O) groups is 1. The monoisotopic (exact) mass is 675 g/mol. The van der Waals surface area contributed by atoms with Gasteiger partial charge in [0.2, 0.25) is 5.91 Å². The van der Waals surface area contributed by atoms with Crippen LogP contribution >= 0.6 is 46.9 Å². The molecule has 3 aromatic rings. The molecule has 228 valence electrons. The largest absolute Gasteiger partial charge is 0.446 e. The molecule has 1 N–H and O–H groups in total. The van der Waals surface area contributed by atoms with Gasteiger partial charge in [-0.1, -0.05) is 29.8 Å². The Labute approximate surface area is 268 Å². The molecular formula is C30H25ClF3N5O2S3. The number of rotatable bonds is 10. The van der Waals surface area contributed by atoms with Gasteiger partial charge >= 0.3 is 5.51 Å². The Balaban J connectivity index is 1.52. The van der Waals surface area contributed by atoms with Crippen molar-refractivity contribution in [2.75, 3.05) is 18.6 Å². The van der Waals surface area contributed by atoms with Gasteiger partial charge in [-0.3, -0.25) is 9.59 Å². The van der Waals surface area contributed by atoms with E-state index in [1.165, 1.54) is 23.7 Å². The van der Waals surface area contributed by atoms with E-state index in [1.54, 1.807) is 46.4 Å². The molecule has 0 aromatic heterocycles. The molecule has 2 aliphatic heterocycles. The van der Waals surface area contributed by atoms with Gasteiger partial charge in [0.25, 0.3) is 5.56 Å². The first-order valence-electron chi connectivity index (χ1n) is 13.2. The third-order valence-corrected chi connectivity index (χ3v) is 9.17. The number of benzene rings is 3. The number of aromatic nitrogens is 4. The summed E-state index contributed by atoms with van der Waals surface area (Å²) >= 11 is 9.76. The highest BCUT2D eigenvalue weighted by Crippen LogP contribution is 2.37. The van der Waals surface area contributed by atoms with Crippen molar-refractivity contribution >= 4 is 52.8 Å². The van der Waals surface area contributed by atoms with Gasteiger partial charge in [0, 0.05) is 39.5 Å². The fraction of sp³-hybridized carbons (Fsp3) is 0.200. The summed E-state index contributed by atoms with van der Waals surface area (Å²) in [7, 11) is 0. The van der Waals surface area contributed by atoms with E-state index in [1.807, 2.05) is 48.7 Å². The second kappa shape index (κ2) is 13.7. The predicted octanol–water partition coefficient (Wildman–Crippen LogP) is 7.46. The minimum Gasteiger partial charge on any atom is -0.356 e. The van der Waals surface area contributed by atoms with Gasteiger partial charge in [-0.25, -0.2) is 9.36 Å². The molecular weight excluding hydrogens is 651 g/mol. The van der Waals surface area contributed by atoms with Crippen LogP contribution in [-0.2, 0) is 11.3 Å². The number of hydrogen-bond donors (Lipinski definition) is 1. The summed E-state index contributed by atoms with van der Waals surface area (Å²) < 4.78 is 41.1. The van der Waals surface area contributed by atoms with Crippen LogP contribution in [0.15, 0.2) is 92.3 Å². The van der Waals surface area contributed by atoms with Gasteiger partial charge in [0.05, 0.1) is 22.9 Å². The Morgan fingerprint density at radius 1 is 0.955 bits per heavy atom. The van der Waals surface area contributed by atoms with Crippen LogP contribution in [0.3, 0.4) is 0 Å². The summed E-state index contributed by atoms with van der Waals surface area (Å²) in [6.07, 6.45) is 1.98. The number of nitrogens with zero attached hydrogens (tertiary/aromatic N) is 4. The minimum atomic E-state index is -4.38. The van der Waals surface area contributed by atoms with Crippen LogP contribution in [0.25, 0.3) is 28.3 Å². The van der Waals surface area contributed by atoms with Crippen molar-refractivity contribution < 1.29 is 18.0 Å². The summed E-state index contributed by atoms with van der Waals surface area (Å²) in [5.74, 6) is 0.594. The number of fused-ring (bicyclic) bond motifs is 1. The van der Waals surface area contributed by atoms with Gasteiger partial charge in [0.1, 0.15) is 5.69 Å². The molecule has 0 saturated heterocycles. The molecule has 2 heterocycles. The van der Waals surface area contributed by atoms with Crippen LogP contribution in [0, 0.1) is 0 Å². The first kappa shape index (κ1) is 32.0. The molecule has 7 nitrogen and oxygen atoms in total. The highest BCUT2D eigenvalue weighted by Gasteiger charge is 2.29. The predicted molar refractivity (Wildman–Crippen MR) is 171 cm³/mol. The molecule has 2 aliphatic rings. The molecule has 5 rings (SSSR count). The second-order valence-corrected chi connectivity index (χ2v) is 13.1. The SMILES string of the molecule is CSc1ccc(-n2nc3c(=O)n(Cc4ccc(SC(F)(F)F)cc4)nc-3cc2-c2ccc(SCCNC(C)=O)cc2Cl)cc1. The van der Waals surface area contributed by atoms with Crippen molar-refractivity contribution in [2.24, 2.45) is 0 Å². The van der Waals surface area contributed by atoms with Gasteiger partial charge in [-0.2, -0.15) is 23.4 Å². The maximum Gasteiger partial charge on any atom is 0.446 e. The van der Waals surface area contributed by atoms with Gasteiger partial charge in [-0.05, 0) is 78.2 Å². The molecule has 0 saturated carbocycles. The van der Waals surface area contributed by atoms with Crippen molar-refractivity contribution in [1.82, 2.24) is 24.9 Å². The van der Waals surface area contributed by atoms with Crippen LogP contribution < -0.4 is 10.9 Å². The van der Waals surface area contributed by atoms with E-state index in [9.17, 15) is 22.8 Å². The first-order chi connectivity index (χ1) is 21.0. The van der Waals surface area contributed by atoms with Crippen molar-refractivity contribution in [3.63, 3.8) is 0 Å². The summed E-state index contributed by atoms with van der Waals surface area (Å²) in [5, 5.41) is 12.5. The quantitative estimate of drug-likeness (QED) is 0.122. The normalized spacial score (nSPS) is 11.7. The molecule has 0 radical (unpaired) electrons. The minimum absolute atomic E-state index is 0.0584. The van der Waals surface area contributed by atoms with E-state index < -0.39 is 11.1 Å². The average Bonchev–Trinajstić information content (AvgIpc) is 3.28. The van der Waals surface area contributed by atoms with Gasteiger partial charge in [0.15, 0.2) is 5.69 Å². The molecule has 44 heavy (non-hydrogen) atoms. The standard InChI is InChI=1S/C30H25ClF3N5O2S3/c1-18(40)35-13-14-43-23-11-12-24(25(31)15-23)27-16-26-28(37-39(27)20-5-9-21(42-2)10-6-20)29(41)38(36-26)17-19-3-7-22(8-4-19)44-30(32,33)34/h3-12,15-16H,13-14,17H2,1-2H3,(H,35,40). The van der Waals surface area contributed by atoms with E-state index in [0.29, 0.717) is 39.8 Å². The van der Waals surface area contributed by atoms with E-state index >= 15 is 0 Å². The zero-order chi connectivity index (χ0) is 31.4. The van der Waals surface area contributed by atoms with Crippen LogP contribution in [0.1, 0.15) is 12.5 Å². The number of amides is 1. The molecule has 0 spiro atoms. The van der Waals surface area contributed by atoms with Crippen molar-refractivity contribution in [1.29, 1.82) is 0 Å². The van der Waals surface area contributed by atoms with Gasteiger partial charge < -0.3 is 5.32 Å². The lowest BCUT2D eigenvalue weighted by atomic mass is 10.1. The number of halogens is 4. The first-order valence-corrected chi connectivity index (χ1v) is 16.6. The third-order valence-electron chi connectivity index (χ3n) is 6.38. The highest BCUT2D eigenvalue weighted by molar-refractivity contribution is 8.00. The van der Waals surface area contributed by atoms with E-state index in [2.05, 4.69) is 10.4 Å². The Hall–Kier alpha value is -3.39. The number of alkyl halides is 3. The number of hydrogen-bond acceptors (Lipinski definition) is 7. The molecule has 1 amide bonds. The molecule has 0 unspecified atom stereocenters. The van der Waals surface area contributed by atoms with Crippen molar-refractivity contribution in [3.8, 4) is 28.3 Å². The average molecular weight is 676 g/mol. The molecule has 3 aromatic carbocycles. The Bertz CT molecular complexity index is 1810. The lowest BCUT2D eigenvalue weighted by Gasteiger charge is -2.16. The van der Waals surface area contributed by atoms with Crippen LogP contribution in [0.5, 0.6) is 0 Å². The number of carbonyl (C=O) groups excluding carboxylic acids is 1. The summed E-state index contributed by atoms with van der Waals surface area (Å²) in [5.41, 5.74) is -1.66. The smallest absolute Gasteiger partial charge is 0.356 e. The molecule has 14 heteroatoms.